The molecule has 0 unspecified atom stereocenters. The number of hydrogen-bond donors (Lipinski definition) is 0. The van der Waals surface area contributed by atoms with E-state index in [1.165, 1.54) is 11.3 Å². The van der Waals surface area contributed by atoms with E-state index in [-0.39, 0.29) is 12.0 Å². The topological polar surface area (TPSA) is 60.2 Å². The Morgan fingerprint density at radius 1 is 1.19 bits per heavy atom. The first kappa shape index (κ1) is 16.8. The second-order valence-corrected chi connectivity index (χ2v) is 7.27. The van der Waals surface area contributed by atoms with Crippen LogP contribution in [0.2, 0.25) is 0 Å². The van der Waals surface area contributed by atoms with Crippen molar-refractivity contribution in [1.29, 1.82) is 0 Å². The number of ether oxygens (including phenoxy) is 1. The second-order valence-electron chi connectivity index (χ2n) is 6.29. The van der Waals surface area contributed by atoms with Crippen LogP contribution in [-0.2, 0) is 0 Å². The third-order valence-corrected chi connectivity index (χ3v) is 5.65. The Balaban J connectivity index is 1.39. The molecule has 0 bridgehead atoms. The van der Waals surface area contributed by atoms with Gasteiger partial charge in [0.2, 0.25) is 0 Å². The fourth-order valence-electron chi connectivity index (χ4n) is 3.08. The number of carbonyl (C=O) groups is 1. The smallest absolute Gasteiger partial charge is 0.265 e. The molecule has 0 aliphatic carbocycles. The Bertz CT molecular complexity index is 868. The van der Waals surface area contributed by atoms with Crippen molar-refractivity contribution in [3.05, 3.63) is 59.6 Å². The van der Waals surface area contributed by atoms with E-state index in [4.69, 9.17) is 4.74 Å². The average molecular weight is 368 g/mol. The first-order valence-electron chi connectivity index (χ1n) is 8.67. The molecule has 0 radical (unpaired) electrons. The van der Waals surface area contributed by atoms with Gasteiger partial charge in [-0.05, 0) is 31.2 Å². The molecular weight excluding hydrogens is 348 g/mol. The molecule has 7 heteroatoms. The summed E-state index contributed by atoms with van der Waals surface area (Å²) in [6.07, 6.45) is 9.13. The highest BCUT2D eigenvalue weighted by atomic mass is 32.1. The van der Waals surface area contributed by atoms with Crippen molar-refractivity contribution in [1.82, 2.24) is 19.4 Å². The molecule has 0 N–H and O–H groups in total. The van der Waals surface area contributed by atoms with Gasteiger partial charge in [0.1, 0.15) is 16.7 Å². The number of pyridine rings is 1. The van der Waals surface area contributed by atoms with Crippen LogP contribution in [0.25, 0.3) is 5.13 Å². The number of amides is 1. The van der Waals surface area contributed by atoms with Crippen LogP contribution in [0, 0.1) is 6.92 Å². The molecule has 3 aromatic rings. The molecule has 0 aromatic carbocycles. The number of rotatable bonds is 4. The maximum Gasteiger partial charge on any atom is 0.265 e. The molecule has 4 rings (SSSR count). The van der Waals surface area contributed by atoms with E-state index in [2.05, 4.69) is 9.97 Å². The third-order valence-electron chi connectivity index (χ3n) is 4.49. The van der Waals surface area contributed by atoms with Crippen LogP contribution in [0.3, 0.4) is 0 Å². The lowest BCUT2D eigenvalue weighted by Gasteiger charge is -2.32. The van der Waals surface area contributed by atoms with E-state index in [0.717, 1.165) is 34.3 Å². The lowest BCUT2D eigenvalue weighted by Crippen LogP contribution is -2.41. The molecule has 1 amide bonds. The van der Waals surface area contributed by atoms with Crippen LogP contribution in [-0.4, -0.2) is 44.5 Å². The predicted octanol–water partition coefficient (Wildman–Crippen LogP) is 3.32. The van der Waals surface area contributed by atoms with Gasteiger partial charge in [-0.3, -0.25) is 9.78 Å². The highest BCUT2D eigenvalue weighted by molar-refractivity contribution is 7.16. The summed E-state index contributed by atoms with van der Waals surface area (Å²) in [6, 6.07) is 7.62. The van der Waals surface area contributed by atoms with Gasteiger partial charge in [-0.25, -0.2) is 4.98 Å². The predicted molar refractivity (Wildman–Crippen MR) is 100.0 cm³/mol. The van der Waals surface area contributed by atoms with Gasteiger partial charge in [-0.2, -0.15) is 0 Å². The maximum absolute atomic E-state index is 12.9. The van der Waals surface area contributed by atoms with Gasteiger partial charge in [0, 0.05) is 50.7 Å². The lowest BCUT2D eigenvalue weighted by atomic mass is 10.1. The largest absolute Gasteiger partial charge is 0.490 e. The molecule has 0 atom stereocenters. The summed E-state index contributed by atoms with van der Waals surface area (Å²) in [4.78, 5) is 24.1. The van der Waals surface area contributed by atoms with Crippen LogP contribution in [0.5, 0.6) is 5.75 Å². The van der Waals surface area contributed by atoms with E-state index in [1.807, 2.05) is 53.0 Å². The Morgan fingerprint density at radius 2 is 1.88 bits per heavy atom. The van der Waals surface area contributed by atoms with Gasteiger partial charge in [-0.1, -0.05) is 11.3 Å². The molecule has 0 spiro atoms. The highest BCUT2D eigenvalue weighted by Crippen LogP contribution is 2.25. The molecule has 1 aliphatic heterocycles. The van der Waals surface area contributed by atoms with E-state index >= 15 is 0 Å². The zero-order valence-corrected chi connectivity index (χ0v) is 15.4. The van der Waals surface area contributed by atoms with E-state index in [9.17, 15) is 4.79 Å². The normalized spacial score (nSPS) is 15.2. The summed E-state index contributed by atoms with van der Waals surface area (Å²) in [5.41, 5.74) is 0.791. The van der Waals surface area contributed by atoms with Crippen LogP contribution in [0.4, 0.5) is 0 Å². The molecule has 0 saturated carbocycles. The maximum atomic E-state index is 12.9. The summed E-state index contributed by atoms with van der Waals surface area (Å²) >= 11 is 1.44. The molecule has 26 heavy (non-hydrogen) atoms. The summed E-state index contributed by atoms with van der Waals surface area (Å²) in [7, 11) is 0. The quantitative estimate of drug-likeness (QED) is 0.709. The molecule has 6 nitrogen and oxygen atoms in total. The molecule has 134 valence electrons. The Labute approximate surface area is 156 Å². The molecule has 1 saturated heterocycles. The van der Waals surface area contributed by atoms with Crippen LogP contribution in [0.1, 0.15) is 28.2 Å². The van der Waals surface area contributed by atoms with Crippen LogP contribution < -0.4 is 4.74 Å². The standard InChI is InChI=1S/C19H20N4O2S/c1-14-17(26-19(21-14)23-10-2-3-11-23)18(24)22-12-6-16(7-13-22)25-15-4-8-20-9-5-15/h2-5,8-11,16H,6-7,12-13H2,1H3. The number of aryl methyl sites for hydroxylation is 1. The SMILES string of the molecule is Cc1nc(-n2cccc2)sc1C(=O)N1CCC(Oc2ccncc2)CC1. The molecule has 3 aromatic heterocycles. The minimum atomic E-state index is 0.0702. The monoisotopic (exact) mass is 368 g/mol. The number of carbonyl (C=O) groups excluding carboxylic acids is 1. The summed E-state index contributed by atoms with van der Waals surface area (Å²) in [5.74, 6) is 0.903. The van der Waals surface area contributed by atoms with Gasteiger partial charge >= 0.3 is 0 Å². The fraction of sp³-hybridized carbons (Fsp3) is 0.316. The molecule has 1 fully saturated rings. The first-order valence-corrected chi connectivity index (χ1v) is 9.49. The van der Waals surface area contributed by atoms with Crippen molar-refractivity contribution in [3.8, 4) is 10.9 Å². The van der Waals surface area contributed by atoms with Crippen LogP contribution in [0.15, 0.2) is 49.1 Å². The molecule has 4 heterocycles. The van der Waals surface area contributed by atoms with Gasteiger partial charge in [0.15, 0.2) is 5.13 Å². The van der Waals surface area contributed by atoms with Gasteiger partial charge in [-0.15, -0.1) is 0 Å². The first-order chi connectivity index (χ1) is 12.7. The van der Waals surface area contributed by atoms with Gasteiger partial charge < -0.3 is 14.2 Å². The van der Waals surface area contributed by atoms with Crippen molar-refractivity contribution in [3.63, 3.8) is 0 Å². The minimum Gasteiger partial charge on any atom is -0.490 e. The Kier molecular flexibility index (Phi) is 4.71. The molecular formula is C19H20N4O2S. The average Bonchev–Trinajstić information content (AvgIpc) is 3.32. The highest BCUT2D eigenvalue weighted by Gasteiger charge is 2.27. The number of hydrogen-bond acceptors (Lipinski definition) is 5. The second kappa shape index (κ2) is 7.29. The van der Waals surface area contributed by atoms with Crippen molar-refractivity contribution in [2.75, 3.05) is 13.1 Å². The Morgan fingerprint density at radius 3 is 2.58 bits per heavy atom. The lowest BCUT2D eigenvalue weighted by molar-refractivity contribution is 0.0599. The fourth-order valence-corrected chi connectivity index (χ4v) is 4.08. The zero-order valence-electron chi connectivity index (χ0n) is 14.5. The van der Waals surface area contributed by atoms with Gasteiger partial charge in [0.05, 0.1) is 5.69 Å². The van der Waals surface area contributed by atoms with E-state index in [1.54, 1.807) is 12.4 Å². The Hall–Kier alpha value is -2.67. The number of aromatic nitrogens is 3. The van der Waals surface area contributed by atoms with Crippen molar-refractivity contribution >= 4 is 17.2 Å². The van der Waals surface area contributed by atoms with Gasteiger partial charge in [0.25, 0.3) is 5.91 Å². The minimum absolute atomic E-state index is 0.0702. The number of thiazole rings is 1. The van der Waals surface area contributed by atoms with Crippen molar-refractivity contribution in [2.24, 2.45) is 0 Å². The van der Waals surface area contributed by atoms with Crippen molar-refractivity contribution < 1.29 is 9.53 Å². The summed E-state index contributed by atoms with van der Waals surface area (Å²) in [6.45, 7) is 3.30. The number of nitrogens with zero attached hydrogens (tertiary/aromatic N) is 4. The number of piperidine rings is 1. The summed E-state index contributed by atoms with van der Waals surface area (Å²) < 4.78 is 7.91. The van der Waals surface area contributed by atoms with Crippen molar-refractivity contribution in [2.45, 2.75) is 25.9 Å². The zero-order chi connectivity index (χ0) is 17.9. The van der Waals surface area contributed by atoms with Crippen LogP contribution >= 0.6 is 11.3 Å². The van der Waals surface area contributed by atoms with E-state index < -0.39 is 0 Å². The third kappa shape index (κ3) is 3.48. The number of likely N-dealkylation sites (tertiary alicyclic amines) is 1. The molecule has 1 aliphatic rings. The summed E-state index contributed by atoms with van der Waals surface area (Å²) in [5, 5.41) is 0.826. The van der Waals surface area contributed by atoms with E-state index in [0.29, 0.717) is 13.1 Å².